The zero-order valence-electron chi connectivity index (χ0n) is 13.6. The summed E-state index contributed by atoms with van der Waals surface area (Å²) in [5.41, 5.74) is 1.62. The standard InChI is InChI=1S/C19H21ClO4/c1-12-3-7-14(8-4-12)16(21)17-18(22,11-19(20,23)24-17)15-9-5-13(2)6-10-15/h3-10,16-17,21-23H,11H2,1-2H3/t16?,17-,18-,19?/m1/s1. The highest BCUT2D eigenvalue weighted by molar-refractivity contribution is 6.21. The van der Waals surface area contributed by atoms with Crippen LogP contribution >= 0.6 is 11.6 Å². The Balaban J connectivity index is 1.99. The molecule has 1 aliphatic rings. The van der Waals surface area contributed by atoms with Crippen molar-refractivity contribution in [2.75, 3.05) is 0 Å². The van der Waals surface area contributed by atoms with Crippen molar-refractivity contribution >= 4 is 11.6 Å². The number of hydrogen-bond acceptors (Lipinski definition) is 4. The van der Waals surface area contributed by atoms with E-state index in [1.54, 1.807) is 24.3 Å². The molecule has 0 radical (unpaired) electrons. The topological polar surface area (TPSA) is 69.9 Å². The maximum absolute atomic E-state index is 11.2. The maximum Gasteiger partial charge on any atom is 0.249 e. The van der Waals surface area contributed by atoms with Crippen molar-refractivity contribution in [3.8, 4) is 0 Å². The van der Waals surface area contributed by atoms with Gasteiger partial charge in [-0.15, -0.1) is 0 Å². The van der Waals surface area contributed by atoms with E-state index in [2.05, 4.69) is 0 Å². The SMILES string of the molecule is Cc1ccc(C(O)[C@H]2OC(O)(Cl)C[C@@]2(O)c2ccc(C)cc2)cc1. The van der Waals surface area contributed by atoms with Crippen LogP contribution in [0.4, 0.5) is 0 Å². The van der Waals surface area contributed by atoms with Gasteiger partial charge in [-0.2, -0.15) is 0 Å². The highest BCUT2D eigenvalue weighted by Gasteiger charge is 2.57. The van der Waals surface area contributed by atoms with Gasteiger partial charge in [0.2, 0.25) is 5.25 Å². The quantitative estimate of drug-likeness (QED) is 0.746. The Kier molecular flexibility index (Phi) is 4.45. The molecule has 3 N–H and O–H groups in total. The first kappa shape index (κ1) is 17.4. The second-order valence-corrected chi connectivity index (χ2v) is 7.14. The Morgan fingerprint density at radius 1 is 1.00 bits per heavy atom. The summed E-state index contributed by atoms with van der Waals surface area (Å²) in [6.07, 6.45) is -2.46. The fourth-order valence-electron chi connectivity index (χ4n) is 3.14. The number of aryl methyl sites for hydroxylation is 2. The molecule has 4 atom stereocenters. The van der Waals surface area contributed by atoms with Gasteiger partial charge in [-0.1, -0.05) is 71.3 Å². The molecule has 3 rings (SSSR count). The highest BCUT2D eigenvalue weighted by Crippen LogP contribution is 2.49. The third-order valence-electron chi connectivity index (χ3n) is 4.52. The lowest BCUT2D eigenvalue weighted by molar-refractivity contribution is -0.169. The predicted octanol–water partition coefficient (Wildman–Crippen LogP) is 2.90. The first-order valence-corrected chi connectivity index (χ1v) is 8.22. The van der Waals surface area contributed by atoms with E-state index in [0.717, 1.165) is 11.1 Å². The lowest BCUT2D eigenvalue weighted by Crippen LogP contribution is -2.39. The van der Waals surface area contributed by atoms with E-state index in [0.29, 0.717) is 11.1 Å². The van der Waals surface area contributed by atoms with Crippen molar-refractivity contribution < 1.29 is 20.1 Å². The molecule has 0 aromatic heterocycles. The summed E-state index contributed by atoms with van der Waals surface area (Å²) in [5, 5.41) is 30.0. The Labute approximate surface area is 146 Å². The molecule has 24 heavy (non-hydrogen) atoms. The molecule has 0 amide bonds. The average Bonchev–Trinajstić information content (AvgIpc) is 2.78. The Morgan fingerprint density at radius 2 is 1.50 bits per heavy atom. The van der Waals surface area contributed by atoms with Gasteiger partial charge in [0.1, 0.15) is 17.8 Å². The fourth-order valence-corrected chi connectivity index (χ4v) is 3.44. The molecule has 2 aromatic rings. The van der Waals surface area contributed by atoms with Crippen LogP contribution in [0.5, 0.6) is 0 Å². The van der Waals surface area contributed by atoms with E-state index < -0.39 is 23.1 Å². The van der Waals surface area contributed by atoms with Gasteiger partial charge in [-0.25, -0.2) is 0 Å². The summed E-state index contributed by atoms with van der Waals surface area (Å²) in [5.74, 6) is 0. The number of aliphatic hydroxyl groups is 3. The van der Waals surface area contributed by atoms with E-state index in [1.165, 1.54) is 0 Å². The Hall–Kier alpha value is -1.43. The van der Waals surface area contributed by atoms with Crippen LogP contribution in [0.15, 0.2) is 48.5 Å². The second kappa shape index (κ2) is 6.14. The summed E-state index contributed by atoms with van der Waals surface area (Å²) in [6.45, 7) is 3.89. The van der Waals surface area contributed by atoms with Gasteiger partial charge in [-0.3, -0.25) is 0 Å². The average molecular weight is 349 g/mol. The molecule has 1 fully saturated rings. The molecule has 2 unspecified atom stereocenters. The predicted molar refractivity (Wildman–Crippen MR) is 91.5 cm³/mol. The molecule has 0 saturated carbocycles. The normalized spacial score (nSPS) is 31.2. The molecule has 0 bridgehead atoms. The van der Waals surface area contributed by atoms with Gasteiger partial charge in [0.25, 0.3) is 0 Å². The largest absolute Gasteiger partial charge is 0.386 e. The van der Waals surface area contributed by atoms with E-state index in [-0.39, 0.29) is 6.42 Å². The summed E-state index contributed by atoms with van der Waals surface area (Å²) in [4.78, 5) is 0. The van der Waals surface area contributed by atoms with Crippen LogP contribution in [0.2, 0.25) is 0 Å². The number of halogens is 1. The number of aliphatic hydroxyl groups excluding tert-OH is 1. The van der Waals surface area contributed by atoms with E-state index >= 15 is 0 Å². The molecule has 2 aromatic carbocycles. The highest BCUT2D eigenvalue weighted by atomic mass is 35.5. The first-order chi connectivity index (χ1) is 11.2. The molecule has 0 spiro atoms. The van der Waals surface area contributed by atoms with Crippen molar-refractivity contribution in [2.24, 2.45) is 0 Å². The monoisotopic (exact) mass is 348 g/mol. The molecular formula is C19H21ClO4. The number of benzene rings is 2. The van der Waals surface area contributed by atoms with Crippen LogP contribution in [0, 0.1) is 13.8 Å². The van der Waals surface area contributed by atoms with Crippen molar-refractivity contribution in [1.29, 1.82) is 0 Å². The van der Waals surface area contributed by atoms with Gasteiger partial charge in [-0.05, 0) is 25.0 Å². The molecule has 128 valence electrons. The van der Waals surface area contributed by atoms with Gasteiger partial charge < -0.3 is 20.1 Å². The summed E-state index contributed by atoms with van der Waals surface area (Å²) >= 11 is 5.95. The van der Waals surface area contributed by atoms with E-state index in [1.807, 2.05) is 38.1 Å². The fraction of sp³-hybridized carbons (Fsp3) is 0.368. The van der Waals surface area contributed by atoms with Crippen molar-refractivity contribution in [1.82, 2.24) is 0 Å². The molecule has 1 aliphatic heterocycles. The van der Waals surface area contributed by atoms with Crippen LogP contribution in [0.25, 0.3) is 0 Å². The summed E-state index contributed by atoms with van der Waals surface area (Å²) in [7, 11) is 0. The van der Waals surface area contributed by atoms with Crippen molar-refractivity contribution in [3.63, 3.8) is 0 Å². The maximum atomic E-state index is 11.2. The third-order valence-corrected chi connectivity index (χ3v) is 4.75. The number of ether oxygens (including phenoxy) is 1. The zero-order chi connectivity index (χ0) is 17.5. The van der Waals surface area contributed by atoms with Gasteiger partial charge in [0.05, 0.1) is 6.42 Å². The molecule has 1 saturated heterocycles. The van der Waals surface area contributed by atoms with Crippen molar-refractivity contribution in [2.45, 2.75) is 43.3 Å². The van der Waals surface area contributed by atoms with E-state index in [4.69, 9.17) is 16.3 Å². The summed E-state index contributed by atoms with van der Waals surface area (Å²) < 4.78 is 5.42. The molecular weight excluding hydrogens is 328 g/mol. The first-order valence-electron chi connectivity index (χ1n) is 7.84. The lowest BCUT2D eigenvalue weighted by Gasteiger charge is -2.32. The number of rotatable bonds is 3. The molecule has 5 heteroatoms. The molecule has 1 heterocycles. The van der Waals surface area contributed by atoms with Gasteiger partial charge >= 0.3 is 0 Å². The van der Waals surface area contributed by atoms with Crippen LogP contribution in [-0.2, 0) is 10.3 Å². The minimum atomic E-state index is -2.03. The van der Waals surface area contributed by atoms with Crippen LogP contribution in [0.3, 0.4) is 0 Å². The van der Waals surface area contributed by atoms with E-state index in [9.17, 15) is 15.3 Å². The van der Waals surface area contributed by atoms with Gasteiger partial charge in [0.15, 0.2) is 0 Å². The van der Waals surface area contributed by atoms with Crippen LogP contribution in [0.1, 0.15) is 34.8 Å². The van der Waals surface area contributed by atoms with Crippen LogP contribution < -0.4 is 0 Å². The minimum Gasteiger partial charge on any atom is -0.386 e. The Bertz CT molecular complexity index is 711. The second-order valence-electron chi connectivity index (χ2n) is 6.55. The smallest absolute Gasteiger partial charge is 0.249 e. The molecule has 4 nitrogen and oxygen atoms in total. The number of alkyl halides is 1. The number of hydrogen-bond donors (Lipinski definition) is 3. The lowest BCUT2D eigenvalue weighted by atomic mass is 9.82. The van der Waals surface area contributed by atoms with Crippen LogP contribution in [-0.4, -0.2) is 26.7 Å². The zero-order valence-corrected chi connectivity index (χ0v) is 14.4. The Morgan fingerprint density at radius 3 is 2.04 bits per heavy atom. The molecule has 0 aliphatic carbocycles. The van der Waals surface area contributed by atoms with Crippen molar-refractivity contribution in [3.05, 3.63) is 70.8 Å². The summed E-state index contributed by atoms with van der Waals surface area (Å²) in [6, 6.07) is 14.5. The minimum absolute atomic E-state index is 0.238. The van der Waals surface area contributed by atoms with Gasteiger partial charge in [0, 0.05) is 0 Å². The third kappa shape index (κ3) is 3.21.